The van der Waals surface area contributed by atoms with Crippen molar-refractivity contribution in [3.05, 3.63) is 78.0 Å². The number of rotatable bonds is 6. The van der Waals surface area contributed by atoms with E-state index in [-0.39, 0.29) is 16.8 Å². The average Bonchev–Trinajstić information content (AvgIpc) is 3.25. The smallest absolute Gasteiger partial charge is 0.253 e. The topological polar surface area (TPSA) is 100 Å². The van der Waals surface area contributed by atoms with Gasteiger partial charge in [0.05, 0.1) is 6.20 Å². The number of aromatic amines is 1. The molecule has 166 valence electrons. The van der Waals surface area contributed by atoms with E-state index in [1.54, 1.807) is 50.5 Å². The molecule has 2 heterocycles. The van der Waals surface area contributed by atoms with Crippen LogP contribution in [0.25, 0.3) is 22.6 Å². The van der Waals surface area contributed by atoms with Crippen molar-refractivity contribution in [3.8, 4) is 22.9 Å². The Labute approximate surface area is 194 Å². The maximum absolute atomic E-state index is 12.1. The maximum atomic E-state index is 12.1. The molecule has 0 saturated heterocycles. The normalized spacial score (nSPS) is 10.6. The molecular formula is C24H20ClN5O3. The Morgan fingerprint density at radius 2 is 1.94 bits per heavy atom. The number of fused-ring (bicyclic) bond motifs is 1. The molecule has 0 radical (unpaired) electrons. The first kappa shape index (κ1) is 22.0. The van der Waals surface area contributed by atoms with Crippen LogP contribution in [0.5, 0.6) is 11.5 Å². The first-order valence-electron chi connectivity index (χ1n) is 9.93. The molecule has 0 spiro atoms. The number of imidazole rings is 1. The van der Waals surface area contributed by atoms with Crippen molar-refractivity contribution in [1.82, 2.24) is 19.9 Å². The Bertz CT molecular complexity index is 1360. The standard InChI is InChI=1S/C24H20ClN5O3/c1-4-19(31)27-16-6-5-7-17(12-16)33-21-18(25)13-26-23-20(21)28-22(29-23)14-8-10-15(11-9-14)24(32)30(2)3/h4-13H,1H2,2-3H3,(H,27,31)(H,26,28,29). The lowest BCUT2D eigenvalue weighted by Crippen LogP contribution is -2.21. The van der Waals surface area contributed by atoms with Crippen LogP contribution in [0.2, 0.25) is 5.02 Å². The second-order valence-corrected chi connectivity index (χ2v) is 7.73. The van der Waals surface area contributed by atoms with Crippen LogP contribution < -0.4 is 10.1 Å². The summed E-state index contributed by atoms with van der Waals surface area (Å²) in [5.41, 5.74) is 2.85. The molecule has 0 aliphatic rings. The number of anilines is 1. The zero-order chi connectivity index (χ0) is 23.5. The summed E-state index contributed by atoms with van der Waals surface area (Å²) in [7, 11) is 3.41. The fourth-order valence-corrected chi connectivity index (χ4v) is 3.30. The van der Waals surface area contributed by atoms with E-state index in [0.29, 0.717) is 39.7 Å². The second-order valence-electron chi connectivity index (χ2n) is 7.32. The van der Waals surface area contributed by atoms with Gasteiger partial charge in [0.15, 0.2) is 16.9 Å². The van der Waals surface area contributed by atoms with Crippen molar-refractivity contribution in [2.24, 2.45) is 0 Å². The minimum absolute atomic E-state index is 0.0817. The van der Waals surface area contributed by atoms with Gasteiger partial charge in [0, 0.05) is 37.0 Å². The third-order valence-corrected chi connectivity index (χ3v) is 5.01. The van der Waals surface area contributed by atoms with Crippen LogP contribution in [0, 0.1) is 0 Å². The van der Waals surface area contributed by atoms with Gasteiger partial charge in [-0.05, 0) is 30.3 Å². The lowest BCUT2D eigenvalue weighted by molar-refractivity contribution is -0.111. The molecule has 4 aromatic rings. The van der Waals surface area contributed by atoms with Gasteiger partial charge in [-0.25, -0.2) is 9.97 Å². The molecule has 33 heavy (non-hydrogen) atoms. The summed E-state index contributed by atoms with van der Waals surface area (Å²) >= 11 is 6.37. The molecule has 0 bridgehead atoms. The number of hydrogen-bond donors (Lipinski definition) is 2. The number of carbonyl (C=O) groups excluding carboxylic acids is 2. The van der Waals surface area contributed by atoms with E-state index in [1.807, 2.05) is 12.1 Å². The number of H-pyrrole nitrogens is 1. The minimum Gasteiger partial charge on any atom is -0.453 e. The Morgan fingerprint density at radius 3 is 2.64 bits per heavy atom. The number of nitrogens with one attached hydrogen (secondary N) is 2. The first-order chi connectivity index (χ1) is 15.9. The highest BCUT2D eigenvalue weighted by molar-refractivity contribution is 6.32. The van der Waals surface area contributed by atoms with Crippen LogP contribution >= 0.6 is 11.6 Å². The monoisotopic (exact) mass is 461 g/mol. The summed E-state index contributed by atoms with van der Waals surface area (Å²) in [6.45, 7) is 3.44. The lowest BCUT2D eigenvalue weighted by atomic mass is 10.1. The van der Waals surface area contributed by atoms with Crippen LogP contribution in [0.3, 0.4) is 0 Å². The Kier molecular flexibility index (Phi) is 6.10. The number of aromatic nitrogens is 3. The Hall–Kier alpha value is -4.17. The van der Waals surface area contributed by atoms with Crippen molar-refractivity contribution in [1.29, 1.82) is 0 Å². The lowest BCUT2D eigenvalue weighted by Gasteiger charge is -2.10. The van der Waals surface area contributed by atoms with E-state index in [4.69, 9.17) is 16.3 Å². The number of amides is 2. The zero-order valence-corrected chi connectivity index (χ0v) is 18.7. The highest BCUT2D eigenvalue weighted by Crippen LogP contribution is 2.36. The van der Waals surface area contributed by atoms with Gasteiger partial charge in [-0.15, -0.1) is 0 Å². The van der Waals surface area contributed by atoms with Crippen LogP contribution in [-0.2, 0) is 4.79 Å². The third-order valence-electron chi connectivity index (χ3n) is 4.74. The van der Waals surface area contributed by atoms with Crippen molar-refractivity contribution in [3.63, 3.8) is 0 Å². The van der Waals surface area contributed by atoms with E-state index >= 15 is 0 Å². The molecule has 2 aromatic heterocycles. The van der Waals surface area contributed by atoms with E-state index in [9.17, 15) is 9.59 Å². The van der Waals surface area contributed by atoms with Gasteiger partial charge in [-0.1, -0.05) is 36.4 Å². The van der Waals surface area contributed by atoms with Crippen molar-refractivity contribution in [2.45, 2.75) is 0 Å². The summed E-state index contributed by atoms with van der Waals surface area (Å²) in [5, 5.41) is 2.97. The van der Waals surface area contributed by atoms with Gasteiger partial charge in [0.25, 0.3) is 5.91 Å². The molecule has 2 N–H and O–H groups in total. The fraction of sp³-hybridized carbons (Fsp3) is 0.0833. The van der Waals surface area contributed by atoms with Crippen LogP contribution in [0.15, 0.2) is 67.4 Å². The molecule has 4 rings (SSSR count). The second kappa shape index (κ2) is 9.13. The number of nitrogens with zero attached hydrogens (tertiary/aromatic N) is 3. The largest absolute Gasteiger partial charge is 0.453 e. The molecular weight excluding hydrogens is 442 g/mol. The number of carbonyl (C=O) groups is 2. The SMILES string of the molecule is C=CC(=O)Nc1cccc(Oc2c(Cl)cnc3[nH]c(-c4ccc(C(=O)N(C)C)cc4)nc23)c1. The summed E-state index contributed by atoms with van der Waals surface area (Å²) in [5.74, 6) is 0.937. The van der Waals surface area contributed by atoms with Gasteiger partial charge >= 0.3 is 0 Å². The van der Waals surface area contributed by atoms with Gasteiger partial charge < -0.3 is 19.9 Å². The van der Waals surface area contributed by atoms with Gasteiger partial charge in [0.1, 0.15) is 16.6 Å². The van der Waals surface area contributed by atoms with Crippen molar-refractivity contribution >= 4 is 40.3 Å². The molecule has 9 heteroatoms. The minimum atomic E-state index is -0.327. The summed E-state index contributed by atoms with van der Waals surface area (Å²) in [6, 6.07) is 14.0. The molecule has 0 atom stereocenters. The zero-order valence-electron chi connectivity index (χ0n) is 17.9. The molecule has 8 nitrogen and oxygen atoms in total. The van der Waals surface area contributed by atoms with E-state index in [1.165, 1.54) is 17.2 Å². The number of hydrogen-bond acceptors (Lipinski definition) is 5. The molecule has 0 aliphatic carbocycles. The van der Waals surface area contributed by atoms with Crippen LogP contribution in [-0.4, -0.2) is 45.8 Å². The predicted octanol–water partition coefficient (Wildman–Crippen LogP) is 4.90. The number of halogens is 1. The number of pyridine rings is 1. The third kappa shape index (κ3) is 4.70. The van der Waals surface area contributed by atoms with Gasteiger partial charge in [0.2, 0.25) is 5.91 Å². The first-order valence-corrected chi connectivity index (χ1v) is 10.3. The molecule has 0 unspecified atom stereocenters. The Morgan fingerprint density at radius 1 is 1.18 bits per heavy atom. The maximum Gasteiger partial charge on any atom is 0.253 e. The highest BCUT2D eigenvalue weighted by atomic mass is 35.5. The van der Waals surface area contributed by atoms with Crippen LogP contribution in [0.1, 0.15) is 10.4 Å². The molecule has 2 amide bonds. The molecule has 2 aromatic carbocycles. The molecule has 0 aliphatic heterocycles. The molecule has 0 fully saturated rings. The number of ether oxygens (including phenoxy) is 1. The predicted molar refractivity (Wildman–Crippen MR) is 128 cm³/mol. The Balaban J connectivity index is 1.66. The average molecular weight is 462 g/mol. The van der Waals surface area contributed by atoms with Crippen molar-refractivity contribution in [2.75, 3.05) is 19.4 Å². The van der Waals surface area contributed by atoms with E-state index in [0.717, 1.165) is 5.56 Å². The fourth-order valence-electron chi connectivity index (χ4n) is 3.12. The van der Waals surface area contributed by atoms with Gasteiger partial charge in [-0.3, -0.25) is 9.59 Å². The quantitative estimate of drug-likeness (QED) is 0.398. The highest BCUT2D eigenvalue weighted by Gasteiger charge is 2.16. The summed E-state index contributed by atoms with van der Waals surface area (Å²) < 4.78 is 6.02. The molecule has 0 saturated carbocycles. The summed E-state index contributed by atoms with van der Waals surface area (Å²) in [4.78, 5) is 37.3. The summed E-state index contributed by atoms with van der Waals surface area (Å²) in [6.07, 6.45) is 2.66. The number of benzene rings is 2. The van der Waals surface area contributed by atoms with Crippen LogP contribution in [0.4, 0.5) is 5.69 Å². The van der Waals surface area contributed by atoms with Gasteiger partial charge in [-0.2, -0.15) is 0 Å². The van der Waals surface area contributed by atoms with E-state index < -0.39 is 0 Å². The van der Waals surface area contributed by atoms with E-state index in [2.05, 4.69) is 26.8 Å². The van der Waals surface area contributed by atoms with Crippen molar-refractivity contribution < 1.29 is 14.3 Å².